The Labute approximate surface area is 164 Å². The number of aliphatic hydroxyl groups is 2. The van der Waals surface area contributed by atoms with Crippen molar-refractivity contribution in [2.45, 2.75) is 57.0 Å². The number of hydrogen-bond acceptors (Lipinski definition) is 7. The van der Waals surface area contributed by atoms with Crippen LogP contribution in [0, 0.1) is 0 Å². The van der Waals surface area contributed by atoms with Crippen LogP contribution in [0.4, 0.5) is 0 Å². The summed E-state index contributed by atoms with van der Waals surface area (Å²) in [7, 11) is 0. The van der Waals surface area contributed by atoms with Crippen LogP contribution in [0.5, 0.6) is 0 Å². The molecular weight excluding hydrogens is 366 g/mol. The number of benzene rings is 1. The van der Waals surface area contributed by atoms with Gasteiger partial charge in [0.15, 0.2) is 12.4 Å². The number of rotatable bonds is 8. The van der Waals surface area contributed by atoms with Gasteiger partial charge >= 0.3 is 5.97 Å². The number of carbonyl (C=O) groups excluding carboxylic acids is 2. The van der Waals surface area contributed by atoms with Gasteiger partial charge in [0.25, 0.3) is 0 Å². The standard InChI is InChI=1S/C20H27NO7/c1-4-10-26-20-16(21-12(2)22)19(27-13(3)23)17(25)18(28-20)15(24)11-14-8-6-5-7-9-14/h4-9,15-20,24-25H,1,10-11H2,2-3H3,(H,21,22)/t15?,16-,17+,18+,19+,20-/m0/s1. The van der Waals surface area contributed by atoms with Gasteiger partial charge in [-0.15, -0.1) is 6.58 Å². The summed E-state index contributed by atoms with van der Waals surface area (Å²) >= 11 is 0. The second-order valence-electron chi connectivity index (χ2n) is 6.64. The molecule has 0 spiro atoms. The lowest BCUT2D eigenvalue weighted by molar-refractivity contribution is -0.281. The number of hydrogen-bond donors (Lipinski definition) is 3. The Morgan fingerprint density at radius 1 is 1.32 bits per heavy atom. The summed E-state index contributed by atoms with van der Waals surface area (Å²) < 4.78 is 16.6. The monoisotopic (exact) mass is 393 g/mol. The van der Waals surface area contributed by atoms with Crippen molar-refractivity contribution in [2.24, 2.45) is 0 Å². The van der Waals surface area contributed by atoms with Crippen LogP contribution in [-0.4, -0.2) is 65.4 Å². The molecule has 2 rings (SSSR count). The fourth-order valence-corrected chi connectivity index (χ4v) is 3.19. The van der Waals surface area contributed by atoms with Crippen molar-refractivity contribution in [2.75, 3.05) is 6.61 Å². The Morgan fingerprint density at radius 3 is 2.57 bits per heavy atom. The van der Waals surface area contributed by atoms with Crippen LogP contribution in [0.1, 0.15) is 19.4 Å². The lowest BCUT2D eigenvalue weighted by Gasteiger charge is -2.45. The van der Waals surface area contributed by atoms with E-state index in [9.17, 15) is 19.8 Å². The highest BCUT2D eigenvalue weighted by molar-refractivity contribution is 5.73. The lowest BCUT2D eigenvalue weighted by atomic mass is 9.91. The fourth-order valence-electron chi connectivity index (χ4n) is 3.19. The van der Waals surface area contributed by atoms with Crippen LogP contribution in [0.25, 0.3) is 0 Å². The number of nitrogens with one attached hydrogen (secondary N) is 1. The number of esters is 1. The summed E-state index contributed by atoms with van der Waals surface area (Å²) in [5, 5.41) is 24.0. The number of amides is 1. The molecule has 8 nitrogen and oxygen atoms in total. The van der Waals surface area contributed by atoms with E-state index in [0.29, 0.717) is 0 Å². The first-order valence-corrected chi connectivity index (χ1v) is 9.05. The van der Waals surface area contributed by atoms with Gasteiger partial charge in [0, 0.05) is 20.3 Å². The quantitative estimate of drug-likeness (QED) is 0.430. The Kier molecular flexibility index (Phi) is 8.13. The van der Waals surface area contributed by atoms with Crippen molar-refractivity contribution >= 4 is 11.9 Å². The van der Waals surface area contributed by atoms with E-state index in [0.717, 1.165) is 5.56 Å². The highest BCUT2D eigenvalue weighted by Crippen LogP contribution is 2.28. The van der Waals surface area contributed by atoms with Crippen molar-refractivity contribution < 1.29 is 34.0 Å². The largest absolute Gasteiger partial charge is 0.457 e. The predicted molar refractivity (Wildman–Crippen MR) is 100 cm³/mol. The average Bonchev–Trinajstić information content (AvgIpc) is 2.64. The summed E-state index contributed by atoms with van der Waals surface area (Å²) in [6.07, 6.45) is -4.05. The SMILES string of the molecule is C=CCO[C@H]1O[C@H](C(O)Cc2ccccc2)[C@@H](O)[C@H](OC(C)=O)[C@@H]1NC(C)=O. The zero-order valence-electron chi connectivity index (χ0n) is 16.0. The van der Waals surface area contributed by atoms with Gasteiger partial charge in [-0.05, 0) is 5.56 Å². The molecule has 1 aromatic carbocycles. The van der Waals surface area contributed by atoms with Gasteiger partial charge in [-0.25, -0.2) is 0 Å². The minimum atomic E-state index is -1.37. The Hall–Kier alpha value is -2.26. The average molecular weight is 393 g/mol. The molecule has 0 aromatic heterocycles. The normalized spacial score (nSPS) is 28.2. The summed E-state index contributed by atoms with van der Waals surface area (Å²) in [6.45, 7) is 6.16. The van der Waals surface area contributed by atoms with Crippen LogP contribution in [0.3, 0.4) is 0 Å². The molecule has 0 saturated carbocycles. The molecule has 0 aliphatic carbocycles. The molecule has 8 heteroatoms. The van der Waals surface area contributed by atoms with Gasteiger partial charge in [0.2, 0.25) is 5.91 Å². The van der Waals surface area contributed by atoms with E-state index in [-0.39, 0.29) is 13.0 Å². The van der Waals surface area contributed by atoms with Gasteiger partial charge in [0.05, 0.1) is 12.7 Å². The summed E-state index contributed by atoms with van der Waals surface area (Å²) in [5.74, 6) is -1.05. The molecule has 6 atom stereocenters. The predicted octanol–water partition coefficient (Wildman–Crippen LogP) is 0.315. The third-order valence-corrected chi connectivity index (χ3v) is 4.33. The molecule has 1 aliphatic rings. The van der Waals surface area contributed by atoms with E-state index < -0.39 is 48.6 Å². The van der Waals surface area contributed by atoms with Gasteiger partial charge in [-0.3, -0.25) is 9.59 Å². The Bertz CT molecular complexity index is 666. The maximum absolute atomic E-state index is 11.6. The molecule has 3 N–H and O–H groups in total. The van der Waals surface area contributed by atoms with Crippen molar-refractivity contribution in [1.29, 1.82) is 0 Å². The molecule has 1 fully saturated rings. The third-order valence-electron chi connectivity index (χ3n) is 4.33. The van der Waals surface area contributed by atoms with Crippen LogP contribution >= 0.6 is 0 Å². The molecule has 1 unspecified atom stereocenters. The zero-order chi connectivity index (χ0) is 20.7. The maximum Gasteiger partial charge on any atom is 0.303 e. The molecular formula is C20H27NO7. The van der Waals surface area contributed by atoms with Crippen molar-refractivity contribution in [1.82, 2.24) is 5.32 Å². The summed E-state index contributed by atoms with van der Waals surface area (Å²) in [6, 6.07) is 8.27. The first-order chi connectivity index (χ1) is 13.3. The lowest BCUT2D eigenvalue weighted by Crippen LogP contribution is -2.67. The van der Waals surface area contributed by atoms with E-state index in [1.54, 1.807) is 0 Å². The van der Waals surface area contributed by atoms with E-state index >= 15 is 0 Å². The topological polar surface area (TPSA) is 114 Å². The minimum absolute atomic E-state index is 0.102. The highest BCUT2D eigenvalue weighted by Gasteiger charge is 2.50. The molecule has 1 saturated heterocycles. The van der Waals surface area contributed by atoms with Gasteiger partial charge in [-0.1, -0.05) is 36.4 Å². The van der Waals surface area contributed by atoms with Gasteiger partial charge in [-0.2, -0.15) is 0 Å². The second kappa shape index (κ2) is 10.3. The first kappa shape index (κ1) is 22.0. The second-order valence-corrected chi connectivity index (χ2v) is 6.64. The number of carbonyl (C=O) groups is 2. The molecule has 1 aliphatic heterocycles. The zero-order valence-corrected chi connectivity index (χ0v) is 16.0. The Balaban J connectivity index is 2.26. The van der Waals surface area contributed by atoms with Crippen LogP contribution in [-0.2, 0) is 30.2 Å². The van der Waals surface area contributed by atoms with E-state index in [2.05, 4.69) is 11.9 Å². The van der Waals surface area contributed by atoms with E-state index in [4.69, 9.17) is 14.2 Å². The van der Waals surface area contributed by atoms with Crippen LogP contribution in [0.2, 0.25) is 0 Å². The van der Waals surface area contributed by atoms with Crippen molar-refractivity contribution in [3.05, 3.63) is 48.6 Å². The van der Waals surface area contributed by atoms with E-state index in [1.807, 2.05) is 30.3 Å². The van der Waals surface area contributed by atoms with Crippen molar-refractivity contribution in [3.63, 3.8) is 0 Å². The smallest absolute Gasteiger partial charge is 0.303 e. The molecule has 0 radical (unpaired) electrons. The molecule has 0 bridgehead atoms. The van der Waals surface area contributed by atoms with Crippen LogP contribution in [0.15, 0.2) is 43.0 Å². The summed E-state index contributed by atoms with van der Waals surface area (Å²) in [4.78, 5) is 23.2. The molecule has 28 heavy (non-hydrogen) atoms. The maximum atomic E-state index is 11.6. The molecule has 1 aromatic rings. The number of aliphatic hydroxyl groups excluding tert-OH is 2. The van der Waals surface area contributed by atoms with Gasteiger partial charge < -0.3 is 29.7 Å². The first-order valence-electron chi connectivity index (χ1n) is 9.05. The molecule has 1 amide bonds. The van der Waals surface area contributed by atoms with Crippen LogP contribution < -0.4 is 5.32 Å². The van der Waals surface area contributed by atoms with Crippen molar-refractivity contribution in [3.8, 4) is 0 Å². The fraction of sp³-hybridized carbons (Fsp3) is 0.500. The Morgan fingerprint density at radius 2 is 2.00 bits per heavy atom. The molecule has 1 heterocycles. The molecule has 154 valence electrons. The third kappa shape index (κ3) is 5.87. The van der Waals surface area contributed by atoms with Gasteiger partial charge in [0.1, 0.15) is 18.2 Å². The summed E-state index contributed by atoms with van der Waals surface area (Å²) in [5.41, 5.74) is 0.849. The highest BCUT2D eigenvalue weighted by atomic mass is 16.7. The number of ether oxygens (including phenoxy) is 3. The minimum Gasteiger partial charge on any atom is -0.457 e. The van der Waals surface area contributed by atoms with E-state index in [1.165, 1.54) is 19.9 Å².